The molecule has 0 spiro atoms. The number of unbranched alkanes of at least 4 members (excludes halogenated alkanes) is 1. The summed E-state index contributed by atoms with van der Waals surface area (Å²) >= 11 is 0. The summed E-state index contributed by atoms with van der Waals surface area (Å²) in [5, 5.41) is 0. The van der Waals surface area contributed by atoms with Crippen molar-refractivity contribution < 1.29 is 25.6 Å². The first-order valence-electron chi connectivity index (χ1n) is 9.15. The maximum atomic E-state index is 13.0. The fourth-order valence-electron chi connectivity index (χ4n) is 2.89. The molecule has 6 nitrogen and oxygen atoms in total. The molecule has 0 radical (unpaired) electrons. The van der Waals surface area contributed by atoms with Gasteiger partial charge in [0.15, 0.2) is 5.82 Å². The third-order valence-electron chi connectivity index (χ3n) is 4.55. The number of rotatable bonds is 8. The van der Waals surface area contributed by atoms with Gasteiger partial charge in [0, 0.05) is 31.5 Å². The van der Waals surface area contributed by atoms with Gasteiger partial charge in [-0.2, -0.15) is 0 Å². The first kappa shape index (κ1) is 22.6. The smallest absolute Gasteiger partial charge is 0.264 e. The number of nitrogens with zero attached hydrogens (tertiary/aromatic N) is 3. The minimum atomic E-state index is -3.79. The normalized spacial score (nSPS) is 11.0. The van der Waals surface area contributed by atoms with E-state index in [1.165, 1.54) is 23.5 Å². The lowest BCUT2D eigenvalue weighted by Gasteiger charge is -2.19. The Morgan fingerprint density at radius 2 is 1.83 bits per heavy atom. The van der Waals surface area contributed by atoms with E-state index in [0.29, 0.717) is 23.6 Å². The SMILES string of the molecule is CCCCn1ccnc1C(=O)c1cccc(S(=O)(=O)N(C)c2ccccc2)c1.[Cl-]. The summed E-state index contributed by atoms with van der Waals surface area (Å²) < 4.78 is 29.0. The van der Waals surface area contributed by atoms with Gasteiger partial charge in [-0.05, 0) is 30.7 Å². The number of sulfonamides is 1. The van der Waals surface area contributed by atoms with E-state index in [9.17, 15) is 13.2 Å². The maximum absolute atomic E-state index is 13.0. The average Bonchev–Trinajstić information content (AvgIpc) is 3.20. The molecule has 3 rings (SSSR count). The van der Waals surface area contributed by atoms with Crippen LogP contribution in [-0.2, 0) is 16.6 Å². The molecule has 0 fully saturated rings. The van der Waals surface area contributed by atoms with E-state index in [0.717, 1.165) is 12.8 Å². The Morgan fingerprint density at radius 3 is 2.52 bits per heavy atom. The number of aromatic nitrogens is 2. The standard InChI is InChI=1S/C21H23N3O3S.ClH/c1-3-4-14-24-15-13-22-21(24)20(25)17-9-8-12-19(16-17)28(26,27)23(2)18-10-6-5-7-11-18;/h5-13,15-16H,3-4,14H2,1-2H3;1H/p-1. The zero-order valence-corrected chi connectivity index (χ0v) is 17.9. The third kappa shape index (κ3) is 4.86. The molecule has 0 amide bonds. The Hall–Kier alpha value is -2.64. The monoisotopic (exact) mass is 432 g/mol. The number of hydrogen-bond donors (Lipinski definition) is 0. The molecule has 3 aromatic rings. The number of para-hydroxylation sites is 1. The van der Waals surface area contributed by atoms with Gasteiger partial charge in [0.1, 0.15) is 0 Å². The summed E-state index contributed by atoms with van der Waals surface area (Å²) in [6.07, 6.45) is 5.30. The molecule has 0 saturated carbocycles. The van der Waals surface area contributed by atoms with Crippen molar-refractivity contribution in [3.8, 4) is 0 Å². The number of imidazole rings is 1. The summed E-state index contributed by atoms with van der Waals surface area (Å²) in [7, 11) is -2.29. The van der Waals surface area contributed by atoms with Gasteiger partial charge in [-0.1, -0.05) is 43.7 Å². The van der Waals surface area contributed by atoms with Crippen molar-refractivity contribution in [2.75, 3.05) is 11.4 Å². The van der Waals surface area contributed by atoms with Gasteiger partial charge in [0.05, 0.1) is 10.6 Å². The third-order valence-corrected chi connectivity index (χ3v) is 6.33. The van der Waals surface area contributed by atoms with Crippen LogP contribution < -0.4 is 16.7 Å². The molecule has 0 aliphatic rings. The summed E-state index contributed by atoms with van der Waals surface area (Å²) in [6, 6.07) is 14.9. The molecule has 0 aliphatic heterocycles. The lowest BCUT2D eigenvalue weighted by Crippen LogP contribution is -3.00. The number of ketones is 1. The summed E-state index contributed by atoms with van der Waals surface area (Å²) in [6.45, 7) is 2.78. The Labute approximate surface area is 177 Å². The molecule has 0 bridgehead atoms. The molecular formula is C21H23ClN3O3S-. The van der Waals surface area contributed by atoms with E-state index < -0.39 is 10.0 Å². The number of carbonyl (C=O) groups is 1. The Kier molecular flexibility index (Phi) is 7.59. The highest BCUT2D eigenvalue weighted by Crippen LogP contribution is 2.23. The number of halogens is 1. The predicted octanol–water partition coefficient (Wildman–Crippen LogP) is 0.743. The van der Waals surface area contributed by atoms with E-state index in [4.69, 9.17) is 0 Å². The van der Waals surface area contributed by atoms with Gasteiger partial charge in [-0.15, -0.1) is 0 Å². The van der Waals surface area contributed by atoms with E-state index in [1.807, 2.05) is 10.6 Å². The van der Waals surface area contributed by atoms with Crippen LogP contribution in [0.3, 0.4) is 0 Å². The number of anilines is 1. The number of aryl methyl sites for hydroxylation is 1. The van der Waals surface area contributed by atoms with Crippen LogP contribution >= 0.6 is 0 Å². The van der Waals surface area contributed by atoms with Crippen molar-refractivity contribution in [1.82, 2.24) is 9.55 Å². The second-order valence-electron chi connectivity index (χ2n) is 6.46. The van der Waals surface area contributed by atoms with Crippen LogP contribution in [0.2, 0.25) is 0 Å². The topological polar surface area (TPSA) is 72.3 Å². The minimum absolute atomic E-state index is 0. The van der Waals surface area contributed by atoms with Crippen LogP contribution in [-0.4, -0.2) is 30.8 Å². The number of benzene rings is 2. The lowest BCUT2D eigenvalue weighted by atomic mass is 10.1. The Bertz CT molecular complexity index is 1070. The minimum Gasteiger partial charge on any atom is -1.00 e. The zero-order chi connectivity index (χ0) is 20.1. The second-order valence-corrected chi connectivity index (χ2v) is 8.43. The molecule has 0 unspecified atom stereocenters. The molecule has 1 heterocycles. The fourth-order valence-corrected chi connectivity index (χ4v) is 4.13. The molecule has 29 heavy (non-hydrogen) atoms. The summed E-state index contributed by atoms with van der Waals surface area (Å²) in [4.78, 5) is 17.2. The predicted molar refractivity (Wildman–Crippen MR) is 109 cm³/mol. The first-order chi connectivity index (χ1) is 13.4. The largest absolute Gasteiger partial charge is 1.00 e. The average molecular weight is 433 g/mol. The molecule has 0 atom stereocenters. The number of carbonyl (C=O) groups excluding carboxylic acids is 1. The van der Waals surface area contributed by atoms with Gasteiger partial charge in [-0.3, -0.25) is 9.10 Å². The fraction of sp³-hybridized carbons (Fsp3) is 0.238. The lowest BCUT2D eigenvalue weighted by molar-refractivity contribution is -0.0000153. The highest BCUT2D eigenvalue weighted by atomic mass is 35.5. The molecule has 8 heteroatoms. The molecule has 154 valence electrons. The van der Waals surface area contributed by atoms with Crippen LogP contribution in [0.15, 0.2) is 71.9 Å². The van der Waals surface area contributed by atoms with Crippen molar-refractivity contribution >= 4 is 21.5 Å². The van der Waals surface area contributed by atoms with Gasteiger partial charge in [0.25, 0.3) is 10.0 Å². The van der Waals surface area contributed by atoms with E-state index >= 15 is 0 Å². The van der Waals surface area contributed by atoms with Crippen LogP contribution in [0.1, 0.15) is 35.9 Å². The summed E-state index contributed by atoms with van der Waals surface area (Å²) in [5.74, 6) is 0.0277. The number of hydrogen-bond acceptors (Lipinski definition) is 4. The molecule has 0 aliphatic carbocycles. The second kappa shape index (κ2) is 9.71. The molecule has 0 N–H and O–H groups in total. The Balaban J connectivity index is 0.00000300. The molecule has 1 aromatic heterocycles. The van der Waals surface area contributed by atoms with Gasteiger partial charge in [0.2, 0.25) is 5.78 Å². The zero-order valence-electron chi connectivity index (χ0n) is 16.3. The highest BCUT2D eigenvalue weighted by Gasteiger charge is 2.23. The quantitative estimate of drug-likeness (QED) is 0.492. The molecule has 0 saturated heterocycles. The van der Waals surface area contributed by atoms with E-state index in [-0.39, 0.29) is 23.1 Å². The van der Waals surface area contributed by atoms with Crippen LogP contribution in [0, 0.1) is 0 Å². The van der Waals surface area contributed by atoms with Crippen LogP contribution in [0.4, 0.5) is 5.69 Å². The van der Waals surface area contributed by atoms with Crippen molar-refractivity contribution in [3.05, 3.63) is 78.4 Å². The van der Waals surface area contributed by atoms with Crippen LogP contribution in [0.25, 0.3) is 0 Å². The van der Waals surface area contributed by atoms with Crippen molar-refractivity contribution in [2.45, 2.75) is 31.2 Å². The van der Waals surface area contributed by atoms with E-state index in [2.05, 4.69) is 11.9 Å². The van der Waals surface area contributed by atoms with Gasteiger partial charge >= 0.3 is 0 Å². The van der Waals surface area contributed by atoms with Gasteiger partial charge < -0.3 is 17.0 Å². The molecule has 2 aromatic carbocycles. The maximum Gasteiger partial charge on any atom is 0.264 e. The summed E-state index contributed by atoms with van der Waals surface area (Å²) in [5.41, 5.74) is 0.848. The van der Waals surface area contributed by atoms with E-state index in [1.54, 1.807) is 48.8 Å². The van der Waals surface area contributed by atoms with Crippen molar-refractivity contribution in [3.63, 3.8) is 0 Å². The first-order valence-corrected chi connectivity index (χ1v) is 10.6. The van der Waals surface area contributed by atoms with Crippen molar-refractivity contribution in [1.29, 1.82) is 0 Å². The highest BCUT2D eigenvalue weighted by molar-refractivity contribution is 7.92. The Morgan fingerprint density at radius 1 is 1.10 bits per heavy atom. The van der Waals surface area contributed by atoms with Gasteiger partial charge in [-0.25, -0.2) is 13.4 Å². The molecular weight excluding hydrogens is 410 g/mol. The van der Waals surface area contributed by atoms with Crippen LogP contribution in [0.5, 0.6) is 0 Å². The van der Waals surface area contributed by atoms with Crippen molar-refractivity contribution in [2.24, 2.45) is 0 Å².